The molecule has 3 nitrogen and oxygen atoms in total. The molecule has 0 aliphatic rings. The molecule has 13 heavy (non-hydrogen) atoms. The summed E-state index contributed by atoms with van der Waals surface area (Å²) in [6.07, 6.45) is 0.208. The summed E-state index contributed by atoms with van der Waals surface area (Å²) in [6.45, 7) is 0. The minimum absolute atomic E-state index is 0.208. The fraction of sp³-hybridized carbons (Fsp3) is 0.200. The van der Waals surface area contributed by atoms with Gasteiger partial charge in [0.2, 0.25) is 0 Å². The number of carboxylic acid groups (broad SMARTS) is 1. The van der Waals surface area contributed by atoms with E-state index >= 15 is 0 Å². The van der Waals surface area contributed by atoms with Crippen LogP contribution in [0.1, 0.15) is 5.56 Å². The van der Waals surface area contributed by atoms with Crippen LogP contribution < -0.4 is 5.11 Å². The Bertz CT molecular complexity index is 327. The van der Waals surface area contributed by atoms with E-state index in [0.29, 0.717) is 0 Å². The zero-order valence-corrected chi connectivity index (χ0v) is 6.93. The van der Waals surface area contributed by atoms with Crippen LogP contribution in [0.4, 0.5) is 0 Å². The minimum atomic E-state index is -1.31. The van der Waals surface area contributed by atoms with E-state index in [1.54, 1.807) is 30.3 Å². The lowest BCUT2D eigenvalue weighted by Crippen LogP contribution is -2.31. The Balaban J connectivity index is 2.69. The molecule has 0 fully saturated rings. The third-order valence-electron chi connectivity index (χ3n) is 1.72. The second-order valence-corrected chi connectivity index (χ2v) is 2.69. The van der Waals surface area contributed by atoms with Gasteiger partial charge in [0.1, 0.15) is 0 Å². The third-order valence-corrected chi connectivity index (χ3v) is 1.72. The fourth-order valence-electron chi connectivity index (χ4n) is 1.03. The van der Waals surface area contributed by atoms with Crippen molar-refractivity contribution in [3.05, 3.63) is 35.9 Å². The first-order valence-electron chi connectivity index (χ1n) is 3.88. The van der Waals surface area contributed by atoms with Gasteiger partial charge in [-0.2, -0.15) is 5.26 Å². The smallest absolute Gasteiger partial charge is 0.0898 e. The molecule has 3 heteroatoms. The van der Waals surface area contributed by atoms with E-state index in [0.717, 1.165) is 5.56 Å². The zero-order valence-electron chi connectivity index (χ0n) is 6.93. The average molecular weight is 174 g/mol. The van der Waals surface area contributed by atoms with Gasteiger partial charge in [-0.05, 0) is 12.0 Å². The standard InChI is InChI=1S/C10H9NO2/c11-7-9(10(12)13)6-8-4-2-1-3-5-8/h1-5,9H,6H2,(H,12,13)/p-1/t9-/m0/s1. The van der Waals surface area contributed by atoms with E-state index in [9.17, 15) is 9.90 Å². The maximum Gasteiger partial charge on any atom is 0.0898 e. The first-order chi connectivity index (χ1) is 6.24. The summed E-state index contributed by atoms with van der Waals surface area (Å²) in [5.74, 6) is -2.37. The number of benzene rings is 1. The highest BCUT2D eigenvalue weighted by molar-refractivity contribution is 5.71. The lowest BCUT2D eigenvalue weighted by Gasteiger charge is -2.08. The molecule has 0 saturated heterocycles. The summed E-state index contributed by atoms with van der Waals surface area (Å²) in [5, 5.41) is 18.9. The highest BCUT2D eigenvalue weighted by Crippen LogP contribution is 2.06. The fourth-order valence-corrected chi connectivity index (χ4v) is 1.03. The average Bonchev–Trinajstić information content (AvgIpc) is 2.15. The van der Waals surface area contributed by atoms with Gasteiger partial charge < -0.3 is 9.90 Å². The van der Waals surface area contributed by atoms with Crippen LogP contribution >= 0.6 is 0 Å². The molecule has 0 aromatic heterocycles. The predicted octanol–water partition coefficient (Wildman–Crippen LogP) is 0.119. The molecule has 0 spiro atoms. The molecular weight excluding hydrogens is 166 g/mol. The SMILES string of the molecule is N#C[C@H](Cc1ccccc1)C(=O)[O-]. The summed E-state index contributed by atoms with van der Waals surface area (Å²) >= 11 is 0. The molecule has 0 heterocycles. The topological polar surface area (TPSA) is 63.9 Å². The summed E-state index contributed by atoms with van der Waals surface area (Å²) < 4.78 is 0. The minimum Gasteiger partial charge on any atom is -0.549 e. The molecule has 0 aliphatic carbocycles. The van der Waals surface area contributed by atoms with E-state index in [2.05, 4.69) is 0 Å². The van der Waals surface area contributed by atoms with Crippen LogP contribution in [0, 0.1) is 17.2 Å². The van der Waals surface area contributed by atoms with Gasteiger partial charge in [0.05, 0.1) is 18.0 Å². The molecule has 1 aromatic rings. The Kier molecular flexibility index (Phi) is 3.04. The normalized spacial score (nSPS) is 11.6. The van der Waals surface area contributed by atoms with E-state index in [-0.39, 0.29) is 6.42 Å². The Morgan fingerprint density at radius 1 is 1.46 bits per heavy atom. The molecule has 0 aliphatic heterocycles. The first-order valence-corrected chi connectivity index (χ1v) is 3.88. The Morgan fingerprint density at radius 3 is 2.54 bits per heavy atom. The molecule has 1 atom stereocenters. The number of hydrogen-bond donors (Lipinski definition) is 0. The van der Waals surface area contributed by atoms with Crippen molar-refractivity contribution in [3.63, 3.8) is 0 Å². The Labute approximate surface area is 76.2 Å². The molecule has 0 unspecified atom stereocenters. The van der Waals surface area contributed by atoms with Crippen LogP contribution in [0.15, 0.2) is 30.3 Å². The van der Waals surface area contributed by atoms with Crippen LogP contribution in [0.5, 0.6) is 0 Å². The molecule has 0 amide bonds. The van der Waals surface area contributed by atoms with Gasteiger partial charge in [0.15, 0.2) is 0 Å². The van der Waals surface area contributed by atoms with Gasteiger partial charge in [-0.15, -0.1) is 0 Å². The first kappa shape index (κ1) is 9.27. The molecule has 0 saturated carbocycles. The highest BCUT2D eigenvalue weighted by atomic mass is 16.4. The third kappa shape index (κ3) is 2.60. The van der Waals surface area contributed by atoms with Crippen molar-refractivity contribution in [2.45, 2.75) is 6.42 Å². The van der Waals surface area contributed by atoms with Crippen molar-refractivity contribution < 1.29 is 9.90 Å². The number of carbonyl (C=O) groups is 1. The molecule has 1 aromatic carbocycles. The number of hydrogen-bond acceptors (Lipinski definition) is 3. The second kappa shape index (κ2) is 4.27. The predicted molar refractivity (Wildman–Crippen MR) is 44.3 cm³/mol. The van der Waals surface area contributed by atoms with Crippen LogP contribution in [0.3, 0.4) is 0 Å². The Morgan fingerprint density at radius 2 is 2.08 bits per heavy atom. The molecule has 0 radical (unpaired) electrons. The molecule has 0 bridgehead atoms. The number of carbonyl (C=O) groups excluding carboxylic acids is 1. The summed E-state index contributed by atoms with van der Waals surface area (Å²) in [6, 6.07) is 10.7. The van der Waals surface area contributed by atoms with Crippen molar-refractivity contribution in [3.8, 4) is 6.07 Å². The second-order valence-electron chi connectivity index (χ2n) is 2.69. The van der Waals surface area contributed by atoms with Gasteiger partial charge in [0, 0.05) is 0 Å². The van der Waals surface area contributed by atoms with Gasteiger partial charge in [-0.3, -0.25) is 0 Å². The van der Waals surface area contributed by atoms with Crippen molar-refractivity contribution in [2.24, 2.45) is 5.92 Å². The summed E-state index contributed by atoms with van der Waals surface area (Å²) in [4.78, 5) is 10.4. The van der Waals surface area contributed by atoms with E-state index in [1.165, 1.54) is 0 Å². The number of rotatable bonds is 3. The number of nitrogens with zero attached hydrogens (tertiary/aromatic N) is 1. The summed E-state index contributed by atoms with van der Waals surface area (Å²) in [5.41, 5.74) is 0.832. The van der Waals surface area contributed by atoms with Crippen molar-refractivity contribution >= 4 is 5.97 Å². The highest BCUT2D eigenvalue weighted by Gasteiger charge is 2.08. The van der Waals surface area contributed by atoms with Gasteiger partial charge in [-0.25, -0.2) is 0 Å². The monoisotopic (exact) mass is 174 g/mol. The molecular formula is C10H8NO2-. The van der Waals surface area contributed by atoms with Crippen LogP contribution in [0.2, 0.25) is 0 Å². The maximum atomic E-state index is 10.4. The number of aliphatic carboxylic acids is 1. The van der Waals surface area contributed by atoms with E-state index in [4.69, 9.17) is 5.26 Å². The van der Waals surface area contributed by atoms with Crippen LogP contribution in [0.25, 0.3) is 0 Å². The van der Waals surface area contributed by atoms with Crippen molar-refractivity contribution in [1.82, 2.24) is 0 Å². The quantitative estimate of drug-likeness (QED) is 0.653. The zero-order chi connectivity index (χ0) is 9.68. The molecule has 66 valence electrons. The summed E-state index contributed by atoms with van der Waals surface area (Å²) in [7, 11) is 0. The number of carboxylic acids is 1. The van der Waals surface area contributed by atoms with Gasteiger partial charge in [-0.1, -0.05) is 30.3 Å². The van der Waals surface area contributed by atoms with E-state index < -0.39 is 11.9 Å². The Hall–Kier alpha value is -1.82. The van der Waals surface area contributed by atoms with Crippen molar-refractivity contribution in [2.75, 3.05) is 0 Å². The maximum absolute atomic E-state index is 10.4. The van der Waals surface area contributed by atoms with Crippen LogP contribution in [-0.4, -0.2) is 5.97 Å². The van der Waals surface area contributed by atoms with E-state index in [1.807, 2.05) is 6.07 Å². The van der Waals surface area contributed by atoms with Crippen molar-refractivity contribution in [1.29, 1.82) is 5.26 Å². The van der Waals surface area contributed by atoms with Crippen LogP contribution in [-0.2, 0) is 11.2 Å². The largest absolute Gasteiger partial charge is 0.549 e. The lowest BCUT2D eigenvalue weighted by molar-refractivity contribution is -0.309. The number of nitriles is 1. The molecule has 1 rings (SSSR count). The lowest BCUT2D eigenvalue weighted by atomic mass is 10.0. The van der Waals surface area contributed by atoms with Gasteiger partial charge >= 0.3 is 0 Å². The van der Waals surface area contributed by atoms with Gasteiger partial charge in [0.25, 0.3) is 0 Å². The molecule has 0 N–H and O–H groups in total.